The maximum absolute atomic E-state index is 11.9. The van der Waals surface area contributed by atoms with Crippen molar-refractivity contribution < 1.29 is 23.8 Å². The van der Waals surface area contributed by atoms with Crippen molar-refractivity contribution in [1.29, 1.82) is 0 Å². The summed E-state index contributed by atoms with van der Waals surface area (Å²) in [6, 6.07) is 7.33. The van der Waals surface area contributed by atoms with Crippen LogP contribution in [-0.4, -0.2) is 49.3 Å². The third kappa shape index (κ3) is 5.20. The number of aromatic nitrogens is 1. The Morgan fingerprint density at radius 2 is 2.19 bits per heavy atom. The van der Waals surface area contributed by atoms with E-state index in [0.29, 0.717) is 29.8 Å². The SMILES string of the molecule is C=CCNc1nc(C(=O)OCC(=O)NC[C@H]2COc3ccccc3O2)cs1. The average molecular weight is 389 g/mol. The molecule has 9 heteroatoms. The van der Waals surface area contributed by atoms with Gasteiger partial charge in [0.05, 0.1) is 6.54 Å². The number of carbonyl (C=O) groups excluding carboxylic acids is 2. The standard InChI is InChI=1S/C18H19N3O5S/c1-2-7-19-18-21-13(11-27-18)17(23)25-10-16(22)20-8-12-9-24-14-5-3-4-6-15(14)26-12/h2-6,11-12H,1,7-10H2,(H,19,21)(H,20,22)/t12-/m0/s1. The molecule has 1 aromatic carbocycles. The maximum Gasteiger partial charge on any atom is 0.358 e. The van der Waals surface area contributed by atoms with Crippen LogP contribution in [0, 0.1) is 0 Å². The van der Waals surface area contributed by atoms with Crippen molar-refractivity contribution in [3.05, 3.63) is 48.0 Å². The van der Waals surface area contributed by atoms with Gasteiger partial charge in [-0.25, -0.2) is 9.78 Å². The number of hydrogen-bond donors (Lipinski definition) is 2. The predicted octanol–water partition coefficient (Wildman–Crippen LogP) is 1.85. The van der Waals surface area contributed by atoms with Crippen LogP contribution >= 0.6 is 11.3 Å². The lowest BCUT2D eigenvalue weighted by Gasteiger charge is -2.26. The zero-order valence-electron chi connectivity index (χ0n) is 14.5. The molecule has 0 unspecified atom stereocenters. The van der Waals surface area contributed by atoms with Gasteiger partial charge in [-0.2, -0.15) is 0 Å². The molecule has 0 saturated heterocycles. The Balaban J connectivity index is 1.39. The third-order valence-corrected chi connectivity index (χ3v) is 4.34. The van der Waals surface area contributed by atoms with Gasteiger partial charge in [-0.15, -0.1) is 17.9 Å². The van der Waals surface area contributed by atoms with Gasteiger partial charge in [-0.05, 0) is 12.1 Å². The molecule has 0 bridgehead atoms. The Bertz CT molecular complexity index is 823. The first-order valence-corrected chi connectivity index (χ1v) is 9.16. The van der Waals surface area contributed by atoms with Crippen molar-refractivity contribution in [3.63, 3.8) is 0 Å². The van der Waals surface area contributed by atoms with E-state index in [2.05, 4.69) is 22.2 Å². The maximum atomic E-state index is 11.9. The zero-order valence-corrected chi connectivity index (χ0v) is 15.3. The first kappa shape index (κ1) is 18.7. The van der Waals surface area contributed by atoms with Crippen LogP contribution in [0.2, 0.25) is 0 Å². The van der Waals surface area contributed by atoms with E-state index >= 15 is 0 Å². The molecule has 27 heavy (non-hydrogen) atoms. The lowest BCUT2D eigenvalue weighted by molar-refractivity contribution is -0.124. The second kappa shape index (κ2) is 9.04. The Morgan fingerprint density at radius 3 is 3.00 bits per heavy atom. The van der Waals surface area contributed by atoms with Crippen LogP contribution in [0.25, 0.3) is 0 Å². The molecule has 3 rings (SSSR count). The van der Waals surface area contributed by atoms with Gasteiger partial charge in [0, 0.05) is 11.9 Å². The summed E-state index contributed by atoms with van der Waals surface area (Å²) in [5.74, 6) is 0.239. The number of benzene rings is 1. The Kier molecular flexibility index (Phi) is 6.26. The first-order chi connectivity index (χ1) is 13.2. The Hall–Kier alpha value is -3.07. The van der Waals surface area contributed by atoms with Gasteiger partial charge in [-0.1, -0.05) is 18.2 Å². The summed E-state index contributed by atoms with van der Waals surface area (Å²) in [5, 5.41) is 7.79. The summed E-state index contributed by atoms with van der Waals surface area (Å²) in [4.78, 5) is 27.9. The number of amides is 1. The topological polar surface area (TPSA) is 98.8 Å². The summed E-state index contributed by atoms with van der Waals surface area (Å²) in [6.07, 6.45) is 1.38. The van der Waals surface area contributed by atoms with Crippen LogP contribution in [0.1, 0.15) is 10.5 Å². The van der Waals surface area contributed by atoms with E-state index in [1.807, 2.05) is 18.2 Å². The number of hydrogen-bond acceptors (Lipinski definition) is 8. The minimum atomic E-state index is -0.653. The fourth-order valence-electron chi connectivity index (χ4n) is 2.26. The number of rotatable bonds is 8. The molecule has 1 aliphatic rings. The van der Waals surface area contributed by atoms with Crippen LogP contribution in [-0.2, 0) is 9.53 Å². The van der Waals surface area contributed by atoms with E-state index in [0.717, 1.165) is 0 Å². The van der Waals surface area contributed by atoms with E-state index in [9.17, 15) is 9.59 Å². The van der Waals surface area contributed by atoms with Crippen LogP contribution in [0.3, 0.4) is 0 Å². The van der Waals surface area contributed by atoms with Crippen molar-refractivity contribution in [1.82, 2.24) is 10.3 Å². The summed E-state index contributed by atoms with van der Waals surface area (Å²) in [7, 11) is 0. The van der Waals surface area contributed by atoms with Crippen LogP contribution in [0.15, 0.2) is 42.3 Å². The molecule has 8 nitrogen and oxygen atoms in total. The molecule has 1 aromatic heterocycles. The smallest absolute Gasteiger partial charge is 0.358 e. The predicted molar refractivity (Wildman–Crippen MR) is 100 cm³/mol. The number of esters is 1. The molecule has 1 amide bonds. The molecule has 0 aliphatic carbocycles. The third-order valence-electron chi connectivity index (χ3n) is 3.54. The van der Waals surface area contributed by atoms with Crippen LogP contribution in [0.5, 0.6) is 11.5 Å². The van der Waals surface area contributed by atoms with Gasteiger partial charge in [0.15, 0.2) is 28.9 Å². The Labute approximate surface area is 160 Å². The first-order valence-electron chi connectivity index (χ1n) is 8.28. The molecule has 0 spiro atoms. The normalized spacial score (nSPS) is 14.9. The molecule has 0 fully saturated rings. The molecular formula is C18H19N3O5S. The monoisotopic (exact) mass is 389 g/mol. The van der Waals surface area contributed by atoms with Crippen molar-refractivity contribution >= 4 is 28.3 Å². The Morgan fingerprint density at radius 1 is 1.37 bits per heavy atom. The number of fused-ring (bicyclic) bond motifs is 1. The highest BCUT2D eigenvalue weighted by atomic mass is 32.1. The number of thiazole rings is 1. The highest BCUT2D eigenvalue weighted by molar-refractivity contribution is 7.13. The lowest BCUT2D eigenvalue weighted by atomic mass is 10.2. The fraction of sp³-hybridized carbons (Fsp3) is 0.278. The number of carbonyl (C=O) groups is 2. The number of ether oxygens (including phenoxy) is 3. The number of nitrogens with zero attached hydrogens (tertiary/aromatic N) is 1. The number of nitrogens with one attached hydrogen (secondary N) is 2. The summed E-state index contributed by atoms with van der Waals surface area (Å²) in [6.45, 7) is 4.32. The molecule has 2 heterocycles. The summed E-state index contributed by atoms with van der Waals surface area (Å²) < 4.78 is 16.3. The van der Waals surface area contributed by atoms with Crippen molar-refractivity contribution in [2.24, 2.45) is 0 Å². The molecule has 2 N–H and O–H groups in total. The van der Waals surface area contributed by atoms with Gasteiger partial charge < -0.3 is 24.8 Å². The van der Waals surface area contributed by atoms with Crippen LogP contribution in [0.4, 0.5) is 5.13 Å². The lowest BCUT2D eigenvalue weighted by Crippen LogP contribution is -2.42. The van der Waals surface area contributed by atoms with E-state index in [1.54, 1.807) is 17.5 Å². The second-order valence-electron chi connectivity index (χ2n) is 5.59. The zero-order chi connectivity index (χ0) is 19.1. The second-order valence-corrected chi connectivity index (χ2v) is 6.44. The van der Waals surface area contributed by atoms with Crippen molar-refractivity contribution in [3.8, 4) is 11.5 Å². The highest BCUT2D eigenvalue weighted by Gasteiger charge is 2.21. The van der Waals surface area contributed by atoms with Gasteiger partial charge in [0.2, 0.25) is 0 Å². The molecular weight excluding hydrogens is 370 g/mol. The number of anilines is 1. The minimum Gasteiger partial charge on any atom is -0.486 e. The van der Waals surface area contributed by atoms with Gasteiger partial charge in [0.25, 0.3) is 5.91 Å². The number of para-hydroxylation sites is 2. The van der Waals surface area contributed by atoms with Crippen LogP contribution < -0.4 is 20.1 Å². The largest absolute Gasteiger partial charge is 0.486 e. The molecule has 0 radical (unpaired) electrons. The molecule has 0 saturated carbocycles. The fourth-order valence-corrected chi connectivity index (χ4v) is 2.95. The van der Waals surface area contributed by atoms with E-state index in [-0.39, 0.29) is 18.3 Å². The summed E-state index contributed by atoms with van der Waals surface area (Å²) in [5.41, 5.74) is 0.153. The van der Waals surface area contributed by atoms with Crippen molar-refractivity contribution in [2.45, 2.75) is 6.10 Å². The van der Waals surface area contributed by atoms with Gasteiger partial charge in [0.1, 0.15) is 12.7 Å². The van der Waals surface area contributed by atoms with Gasteiger partial charge in [-0.3, -0.25) is 4.79 Å². The van der Waals surface area contributed by atoms with E-state index in [1.165, 1.54) is 11.3 Å². The molecule has 142 valence electrons. The van der Waals surface area contributed by atoms with Crippen molar-refractivity contribution in [2.75, 3.05) is 31.6 Å². The molecule has 2 aromatic rings. The van der Waals surface area contributed by atoms with Gasteiger partial charge >= 0.3 is 5.97 Å². The van der Waals surface area contributed by atoms with E-state index in [4.69, 9.17) is 14.2 Å². The highest BCUT2D eigenvalue weighted by Crippen LogP contribution is 2.30. The quantitative estimate of drug-likeness (QED) is 0.525. The molecule has 1 aliphatic heterocycles. The molecule has 1 atom stereocenters. The summed E-state index contributed by atoms with van der Waals surface area (Å²) >= 11 is 1.27. The average Bonchev–Trinajstić information content (AvgIpc) is 3.17. The van der Waals surface area contributed by atoms with E-state index < -0.39 is 18.5 Å². The minimum absolute atomic E-state index is 0.153.